The normalized spacial score (nSPS) is 42.2. The number of ether oxygens (including phenoxy) is 3. The fourth-order valence-corrected chi connectivity index (χ4v) is 3.95. The molecule has 24 heavy (non-hydrogen) atoms. The van der Waals surface area contributed by atoms with Crippen LogP contribution in [0.2, 0.25) is 0 Å². The summed E-state index contributed by atoms with van der Waals surface area (Å²) in [4.78, 5) is 12.1. The van der Waals surface area contributed by atoms with E-state index in [1.807, 2.05) is 19.9 Å². The van der Waals surface area contributed by atoms with E-state index in [2.05, 4.69) is 20.4 Å². The Balaban J connectivity index is 1.99. The summed E-state index contributed by atoms with van der Waals surface area (Å²) >= 11 is 0. The standard InChI is InChI=1S/C19H28O5/c1-11(2)10-22-15-9-18(5)6-7-19(21,24-18)12(3)8-14-16(15)13(4)17(20)23-14/h8,11,14-16,21H,4,6-7,9-10H2,1-3,5H3. The van der Waals surface area contributed by atoms with E-state index in [9.17, 15) is 9.90 Å². The summed E-state index contributed by atoms with van der Waals surface area (Å²) in [5.74, 6) is -1.52. The van der Waals surface area contributed by atoms with Gasteiger partial charge in [0.25, 0.3) is 0 Å². The van der Waals surface area contributed by atoms with Crippen LogP contribution in [0.1, 0.15) is 47.0 Å². The molecule has 2 fully saturated rings. The molecule has 0 aromatic carbocycles. The molecule has 3 aliphatic rings. The lowest BCUT2D eigenvalue weighted by Gasteiger charge is -2.33. The lowest BCUT2D eigenvalue weighted by atomic mass is 9.82. The first-order chi connectivity index (χ1) is 11.1. The lowest BCUT2D eigenvalue weighted by molar-refractivity contribution is -0.203. The minimum atomic E-state index is -1.29. The van der Waals surface area contributed by atoms with Gasteiger partial charge in [-0.3, -0.25) is 0 Å². The van der Waals surface area contributed by atoms with Gasteiger partial charge < -0.3 is 19.3 Å². The van der Waals surface area contributed by atoms with E-state index >= 15 is 0 Å². The Morgan fingerprint density at radius 3 is 2.83 bits per heavy atom. The largest absolute Gasteiger partial charge is 0.454 e. The van der Waals surface area contributed by atoms with Gasteiger partial charge in [0.1, 0.15) is 6.10 Å². The molecule has 2 bridgehead atoms. The van der Waals surface area contributed by atoms with Crippen molar-refractivity contribution < 1.29 is 24.1 Å². The maximum absolute atomic E-state index is 12.1. The van der Waals surface area contributed by atoms with E-state index in [-0.39, 0.29) is 18.0 Å². The first-order valence-electron chi connectivity index (χ1n) is 8.76. The highest BCUT2D eigenvalue weighted by Gasteiger charge is 2.53. The summed E-state index contributed by atoms with van der Waals surface area (Å²) < 4.78 is 17.7. The van der Waals surface area contributed by atoms with E-state index in [0.717, 1.165) is 6.42 Å². The van der Waals surface area contributed by atoms with Crippen LogP contribution in [0.3, 0.4) is 0 Å². The number of esters is 1. The monoisotopic (exact) mass is 336 g/mol. The predicted molar refractivity (Wildman–Crippen MR) is 89.1 cm³/mol. The van der Waals surface area contributed by atoms with Crippen molar-refractivity contribution in [1.29, 1.82) is 0 Å². The second-order valence-electron chi connectivity index (χ2n) is 8.08. The summed E-state index contributed by atoms with van der Waals surface area (Å²) in [6.07, 6.45) is 3.00. The zero-order valence-electron chi connectivity index (χ0n) is 15.0. The third-order valence-corrected chi connectivity index (χ3v) is 5.38. The quantitative estimate of drug-likeness (QED) is 0.488. The topological polar surface area (TPSA) is 65.0 Å². The fraction of sp³-hybridized carbons (Fsp3) is 0.737. The molecule has 1 N–H and O–H groups in total. The van der Waals surface area contributed by atoms with Gasteiger partial charge in [-0.25, -0.2) is 4.79 Å². The first-order valence-corrected chi connectivity index (χ1v) is 8.76. The van der Waals surface area contributed by atoms with Gasteiger partial charge in [0.05, 0.1) is 17.6 Å². The van der Waals surface area contributed by atoms with E-state index in [1.165, 1.54) is 0 Å². The molecule has 134 valence electrons. The zero-order chi connectivity index (χ0) is 17.7. The second-order valence-corrected chi connectivity index (χ2v) is 8.08. The first kappa shape index (κ1) is 17.6. The van der Waals surface area contributed by atoms with E-state index in [0.29, 0.717) is 36.5 Å². The van der Waals surface area contributed by atoms with Crippen molar-refractivity contribution in [1.82, 2.24) is 0 Å². The average molecular weight is 336 g/mol. The van der Waals surface area contributed by atoms with Gasteiger partial charge in [0.2, 0.25) is 0 Å². The van der Waals surface area contributed by atoms with Gasteiger partial charge in [-0.05, 0) is 37.8 Å². The molecule has 5 atom stereocenters. The maximum Gasteiger partial charge on any atom is 0.334 e. The van der Waals surface area contributed by atoms with Crippen LogP contribution in [-0.2, 0) is 19.0 Å². The summed E-state index contributed by atoms with van der Waals surface area (Å²) in [6.45, 7) is 12.5. The van der Waals surface area contributed by atoms with Crippen molar-refractivity contribution in [2.24, 2.45) is 11.8 Å². The molecule has 0 aromatic rings. The van der Waals surface area contributed by atoms with Crippen molar-refractivity contribution in [3.05, 3.63) is 23.8 Å². The second kappa shape index (κ2) is 5.97. The number of carbonyl (C=O) groups excluding carboxylic acids is 1. The molecular formula is C19H28O5. The Labute approximate surface area is 143 Å². The van der Waals surface area contributed by atoms with E-state index < -0.39 is 17.5 Å². The lowest BCUT2D eigenvalue weighted by Crippen LogP contribution is -2.39. The maximum atomic E-state index is 12.1. The van der Waals surface area contributed by atoms with Crippen molar-refractivity contribution in [3.63, 3.8) is 0 Å². The highest BCUT2D eigenvalue weighted by Crippen LogP contribution is 2.47. The molecule has 0 aliphatic carbocycles. The smallest absolute Gasteiger partial charge is 0.334 e. The van der Waals surface area contributed by atoms with Crippen molar-refractivity contribution in [2.75, 3.05) is 6.61 Å². The molecule has 5 nitrogen and oxygen atoms in total. The van der Waals surface area contributed by atoms with Crippen molar-refractivity contribution >= 4 is 5.97 Å². The highest BCUT2D eigenvalue weighted by atomic mass is 16.6. The predicted octanol–water partition coefficient (Wildman–Crippen LogP) is 2.73. The van der Waals surface area contributed by atoms with Gasteiger partial charge in [-0.15, -0.1) is 0 Å². The van der Waals surface area contributed by atoms with Crippen LogP contribution in [0.15, 0.2) is 23.8 Å². The number of hydrogen-bond acceptors (Lipinski definition) is 5. The van der Waals surface area contributed by atoms with Gasteiger partial charge in [-0.1, -0.05) is 20.4 Å². The Bertz CT molecular complexity index is 580. The highest BCUT2D eigenvalue weighted by molar-refractivity contribution is 5.91. The van der Waals surface area contributed by atoms with Crippen LogP contribution in [-0.4, -0.2) is 41.3 Å². The van der Waals surface area contributed by atoms with Crippen LogP contribution in [0, 0.1) is 11.8 Å². The molecule has 0 aromatic heterocycles. The van der Waals surface area contributed by atoms with Crippen LogP contribution < -0.4 is 0 Å². The molecule has 0 radical (unpaired) electrons. The Morgan fingerprint density at radius 1 is 1.46 bits per heavy atom. The molecular weight excluding hydrogens is 308 g/mol. The SMILES string of the molecule is C=C1C(=O)OC2C=C(C)C3(O)CCC(C)(CC(OCC(C)C)C12)O3. The third kappa shape index (κ3) is 3.05. The summed E-state index contributed by atoms with van der Waals surface area (Å²) in [7, 11) is 0. The molecule has 5 unspecified atom stereocenters. The van der Waals surface area contributed by atoms with Crippen molar-refractivity contribution in [3.8, 4) is 0 Å². The van der Waals surface area contributed by atoms with E-state index in [4.69, 9.17) is 14.2 Å². The Morgan fingerprint density at radius 2 is 2.17 bits per heavy atom. The average Bonchev–Trinajstić information content (AvgIpc) is 2.94. The zero-order valence-corrected chi connectivity index (χ0v) is 15.0. The van der Waals surface area contributed by atoms with Crippen molar-refractivity contribution in [2.45, 2.75) is 70.6 Å². The third-order valence-electron chi connectivity index (χ3n) is 5.38. The van der Waals surface area contributed by atoms with Crippen LogP contribution in [0.25, 0.3) is 0 Å². The molecule has 2 saturated heterocycles. The minimum Gasteiger partial charge on any atom is -0.454 e. The van der Waals surface area contributed by atoms with Gasteiger partial charge in [-0.2, -0.15) is 0 Å². The summed E-state index contributed by atoms with van der Waals surface area (Å²) in [5, 5.41) is 10.8. The number of aliphatic hydroxyl groups is 1. The molecule has 3 rings (SSSR count). The van der Waals surface area contributed by atoms with Crippen LogP contribution >= 0.6 is 0 Å². The summed E-state index contributed by atoms with van der Waals surface area (Å²) in [5.41, 5.74) is 0.645. The number of hydrogen-bond donors (Lipinski definition) is 1. The van der Waals surface area contributed by atoms with Crippen LogP contribution in [0.5, 0.6) is 0 Å². The van der Waals surface area contributed by atoms with Gasteiger partial charge in [0, 0.05) is 25.0 Å². The Kier molecular flexibility index (Phi) is 4.39. The minimum absolute atomic E-state index is 0.231. The molecule has 3 heterocycles. The number of carbonyl (C=O) groups is 1. The van der Waals surface area contributed by atoms with Gasteiger partial charge in [0.15, 0.2) is 5.79 Å². The van der Waals surface area contributed by atoms with Crippen LogP contribution in [0.4, 0.5) is 0 Å². The summed E-state index contributed by atoms with van der Waals surface area (Å²) in [6, 6.07) is 0. The number of fused-ring (bicyclic) bond motifs is 3. The van der Waals surface area contributed by atoms with E-state index in [1.54, 1.807) is 0 Å². The molecule has 3 aliphatic heterocycles. The number of rotatable bonds is 3. The molecule has 5 heteroatoms. The van der Waals surface area contributed by atoms with Gasteiger partial charge >= 0.3 is 5.97 Å². The molecule has 0 spiro atoms. The molecule has 0 amide bonds. The molecule has 0 saturated carbocycles. The fourth-order valence-electron chi connectivity index (χ4n) is 3.95. The Hall–Kier alpha value is -1.17.